The number of anilines is 2. The number of nitrogen functional groups attached to an aromatic ring is 1. The van der Waals surface area contributed by atoms with E-state index in [1.165, 1.54) is 13.1 Å². The standard InChI is InChI=1S/C13H21N3O3S/c1-15-20(17,18)11-5-6-12(14)13(9-11)16(7-8-19-2)10-3-4-10/h5-6,9-10,15H,3-4,7-8,14H2,1-2H3. The molecule has 0 unspecified atom stereocenters. The molecule has 0 spiro atoms. The first-order chi connectivity index (χ1) is 9.49. The van der Waals surface area contributed by atoms with Crippen molar-refractivity contribution in [3.63, 3.8) is 0 Å². The second kappa shape index (κ2) is 5.99. The monoisotopic (exact) mass is 299 g/mol. The third kappa shape index (κ3) is 3.23. The van der Waals surface area contributed by atoms with Crippen molar-refractivity contribution in [2.75, 3.05) is 37.9 Å². The molecule has 6 nitrogen and oxygen atoms in total. The van der Waals surface area contributed by atoms with Gasteiger partial charge in [0.25, 0.3) is 0 Å². The minimum Gasteiger partial charge on any atom is -0.397 e. The van der Waals surface area contributed by atoms with Gasteiger partial charge >= 0.3 is 0 Å². The predicted octanol–water partition coefficient (Wildman–Crippen LogP) is 0.792. The molecular weight excluding hydrogens is 278 g/mol. The molecule has 3 N–H and O–H groups in total. The van der Waals surface area contributed by atoms with Crippen molar-refractivity contribution in [2.24, 2.45) is 0 Å². The van der Waals surface area contributed by atoms with E-state index in [0.29, 0.717) is 24.9 Å². The van der Waals surface area contributed by atoms with E-state index in [9.17, 15) is 8.42 Å². The molecule has 112 valence electrons. The third-order valence-corrected chi connectivity index (χ3v) is 4.83. The lowest BCUT2D eigenvalue weighted by Crippen LogP contribution is -2.30. The molecule has 20 heavy (non-hydrogen) atoms. The van der Waals surface area contributed by atoms with Gasteiger partial charge in [-0.2, -0.15) is 0 Å². The Kier molecular flexibility index (Phi) is 4.52. The lowest BCUT2D eigenvalue weighted by atomic mass is 10.2. The molecule has 0 aliphatic heterocycles. The van der Waals surface area contributed by atoms with E-state index in [-0.39, 0.29) is 4.90 Å². The van der Waals surface area contributed by atoms with Crippen molar-refractivity contribution in [1.82, 2.24) is 4.72 Å². The summed E-state index contributed by atoms with van der Waals surface area (Å²) in [5.74, 6) is 0. The summed E-state index contributed by atoms with van der Waals surface area (Å²) in [5, 5.41) is 0. The summed E-state index contributed by atoms with van der Waals surface area (Å²) in [7, 11) is -0.413. The summed E-state index contributed by atoms with van der Waals surface area (Å²) in [6.07, 6.45) is 2.21. The van der Waals surface area contributed by atoms with Gasteiger partial charge < -0.3 is 15.4 Å². The normalized spacial score (nSPS) is 15.3. The average molecular weight is 299 g/mol. The minimum atomic E-state index is -3.46. The highest BCUT2D eigenvalue weighted by molar-refractivity contribution is 7.89. The van der Waals surface area contributed by atoms with E-state index < -0.39 is 10.0 Å². The van der Waals surface area contributed by atoms with Crippen LogP contribution in [0.3, 0.4) is 0 Å². The van der Waals surface area contributed by atoms with Gasteiger partial charge in [0.1, 0.15) is 0 Å². The zero-order chi connectivity index (χ0) is 14.8. The maximum absolute atomic E-state index is 11.9. The molecule has 2 rings (SSSR count). The van der Waals surface area contributed by atoms with Crippen LogP contribution in [0.1, 0.15) is 12.8 Å². The van der Waals surface area contributed by atoms with Crippen LogP contribution < -0.4 is 15.4 Å². The SMILES string of the molecule is CNS(=O)(=O)c1ccc(N)c(N(CCOC)C2CC2)c1. The van der Waals surface area contributed by atoms with Crippen LogP contribution in [0.2, 0.25) is 0 Å². The smallest absolute Gasteiger partial charge is 0.240 e. The molecule has 1 aliphatic rings. The van der Waals surface area contributed by atoms with Crippen molar-refractivity contribution in [3.05, 3.63) is 18.2 Å². The summed E-state index contributed by atoms with van der Waals surface area (Å²) >= 11 is 0. The van der Waals surface area contributed by atoms with Crippen molar-refractivity contribution < 1.29 is 13.2 Å². The van der Waals surface area contributed by atoms with Gasteiger partial charge in [0.05, 0.1) is 22.9 Å². The molecule has 1 fully saturated rings. The van der Waals surface area contributed by atoms with E-state index in [1.807, 2.05) is 0 Å². The van der Waals surface area contributed by atoms with Crippen LogP contribution in [0.5, 0.6) is 0 Å². The first kappa shape index (κ1) is 15.1. The third-order valence-electron chi connectivity index (χ3n) is 3.41. The van der Waals surface area contributed by atoms with Gasteiger partial charge in [-0.05, 0) is 38.1 Å². The zero-order valence-corrected chi connectivity index (χ0v) is 12.6. The van der Waals surface area contributed by atoms with E-state index in [1.54, 1.807) is 19.2 Å². The molecular formula is C13H21N3O3S. The lowest BCUT2D eigenvalue weighted by molar-refractivity contribution is 0.205. The summed E-state index contributed by atoms with van der Waals surface area (Å²) < 4.78 is 31.2. The van der Waals surface area contributed by atoms with Crippen LogP contribution in [0.15, 0.2) is 23.1 Å². The number of rotatable bonds is 7. The Morgan fingerprint density at radius 2 is 2.15 bits per heavy atom. The maximum atomic E-state index is 11.9. The Hall–Kier alpha value is -1.31. The Bertz CT molecular complexity index is 570. The number of sulfonamides is 1. The van der Waals surface area contributed by atoms with Crippen molar-refractivity contribution in [3.8, 4) is 0 Å². The molecule has 1 aromatic rings. The zero-order valence-electron chi connectivity index (χ0n) is 11.8. The highest BCUT2D eigenvalue weighted by atomic mass is 32.2. The highest BCUT2D eigenvalue weighted by Crippen LogP contribution is 2.35. The number of hydrogen-bond acceptors (Lipinski definition) is 5. The van der Waals surface area contributed by atoms with Gasteiger partial charge in [0.15, 0.2) is 0 Å². The average Bonchev–Trinajstić information content (AvgIpc) is 3.25. The van der Waals surface area contributed by atoms with E-state index in [4.69, 9.17) is 10.5 Å². The van der Waals surface area contributed by atoms with Gasteiger partial charge in [-0.3, -0.25) is 0 Å². The fourth-order valence-corrected chi connectivity index (χ4v) is 2.88. The van der Waals surface area contributed by atoms with Gasteiger partial charge in [0.2, 0.25) is 10.0 Å². The van der Waals surface area contributed by atoms with E-state index in [2.05, 4.69) is 9.62 Å². The largest absolute Gasteiger partial charge is 0.397 e. The molecule has 1 saturated carbocycles. The quantitative estimate of drug-likeness (QED) is 0.727. The van der Waals surface area contributed by atoms with E-state index in [0.717, 1.165) is 18.5 Å². The molecule has 0 aromatic heterocycles. The number of benzene rings is 1. The van der Waals surface area contributed by atoms with Crippen LogP contribution in [0, 0.1) is 0 Å². The molecule has 1 aliphatic carbocycles. The molecule has 0 bridgehead atoms. The number of hydrogen-bond donors (Lipinski definition) is 2. The lowest BCUT2D eigenvalue weighted by Gasteiger charge is -2.26. The maximum Gasteiger partial charge on any atom is 0.240 e. The van der Waals surface area contributed by atoms with Crippen molar-refractivity contribution >= 4 is 21.4 Å². The summed E-state index contributed by atoms with van der Waals surface area (Å²) in [5.41, 5.74) is 7.37. The molecule has 0 heterocycles. The van der Waals surface area contributed by atoms with E-state index >= 15 is 0 Å². The second-order valence-corrected chi connectivity index (χ2v) is 6.73. The first-order valence-corrected chi connectivity index (χ1v) is 8.06. The summed E-state index contributed by atoms with van der Waals surface area (Å²) in [4.78, 5) is 2.36. The molecule has 0 atom stereocenters. The van der Waals surface area contributed by atoms with Crippen LogP contribution in [-0.4, -0.2) is 41.8 Å². The number of nitrogens with two attached hydrogens (primary N) is 1. The second-order valence-electron chi connectivity index (χ2n) is 4.85. The predicted molar refractivity (Wildman–Crippen MR) is 79.3 cm³/mol. The minimum absolute atomic E-state index is 0.229. The first-order valence-electron chi connectivity index (χ1n) is 6.58. The Morgan fingerprint density at radius 3 is 2.70 bits per heavy atom. The fourth-order valence-electron chi connectivity index (χ4n) is 2.13. The van der Waals surface area contributed by atoms with Crippen LogP contribution in [-0.2, 0) is 14.8 Å². The Balaban J connectivity index is 2.35. The van der Waals surface area contributed by atoms with Crippen LogP contribution in [0.25, 0.3) is 0 Å². The van der Waals surface area contributed by atoms with Gasteiger partial charge in [-0.1, -0.05) is 0 Å². The molecule has 7 heteroatoms. The molecule has 0 radical (unpaired) electrons. The number of nitrogens with zero attached hydrogens (tertiary/aromatic N) is 1. The van der Waals surface area contributed by atoms with Crippen LogP contribution in [0.4, 0.5) is 11.4 Å². The Labute approximate surface area is 120 Å². The molecule has 1 aromatic carbocycles. The van der Waals surface area contributed by atoms with Crippen molar-refractivity contribution in [2.45, 2.75) is 23.8 Å². The highest BCUT2D eigenvalue weighted by Gasteiger charge is 2.30. The number of ether oxygens (including phenoxy) is 1. The van der Waals surface area contributed by atoms with Crippen LogP contribution >= 0.6 is 0 Å². The summed E-state index contributed by atoms with van der Waals surface area (Å²) in [6.45, 7) is 1.29. The Morgan fingerprint density at radius 1 is 1.45 bits per heavy atom. The number of nitrogens with one attached hydrogen (secondary N) is 1. The molecule has 0 amide bonds. The van der Waals surface area contributed by atoms with Gasteiger partial charge in [-0.25, -0.2) is 13.1 Å². The fraction of sp³-hybridized carbons (Fsp3) is 0.538. The van der Waals surface area contributed by atoms with Gasteiger partial charge in [-0.15, -0.1) is 0 Å². The summed E-state index contributed by atoms with van der Waals surface area (Å²) in [6, 6.07) is 5.23. The topological polar surface area (TPSA) is 84.7 Å². The van der Waals surface area contributed by atoms with Crippen molar-refractivity contribution in [1.29, 1.82) is 0 Å². The number of methoxy groups -OCH3 is 1. The molecule has 0 saturated heterocycles. The van der Waals surface area contributed by atoms with Gasteiger partial charge in [0, 0.05) is 19.7 Å².